The van der Waals surface area contributed by atoms with Crippen molar-refractivity contribution in [1.29, 1.82) is 0 Å². The molecule has 2 nitrogen and oxygen atoms in total. The number of nitrogens with two attached hydrogens (primary N) is 1. The highest BCUT2D eigenvalue weighted by Gasteiger charge is 2.16. The maximum Gasteiger partial charge on any atom is 0.143 e. The van der Waals surface area contributed by atoms with E-state index in [1.54, 1.807) is 7.05 Å². The van der Waals surface area contributed by atoms with E-state index in [1.807, 2.05) is 34.4 Å². The molecule has 90 valence electrons. The second kappa shape index (κ2) is 5.88. The van der Waals surface area contributed by atoms with Gasteiger partial charge in [0.2, 0.25) is 0 Å². The number of halogens is 3. The molecule has 0 heterocycles. The van der Waals surface area contributed by atoms with Crippen molar-refractivity contribution < 1.29 is 8.78 Å². The average Bonchev–Trinajstić information content (AvgIpc) is 2.28. The third-order valence-electron chi connectivity index (χ3n) is 2.64. The Balaban J connectivity index is 2.92. The summed E-state index contributed by atoms with van der Waals surface area (Å²) in [6.07, 6.45) is 0. The minimum atomic E-state index is -0.506. The van der Waals surface area contributed by atoms with Gasteiger partial charge in [-0.1, -0.05) is 0 Å². The number of nitrogens with zero attached hydrogens (tertiary/aromatic N) is 1. The van der Waals surface area contributed by atoms with Gasteiger partial charge in [-0.3, -0.25) is 4.90 Å². The van der Waals surface area contributed by atoms with Gasteiger partial charge < -0.3 is 5.73 Å². The van der Waals surface area contributed by atoms with E-state index >= 15 is 0 Å². The fourth-order valence-corrected chi connectivity index (χ4v) is 1.80. The van der Waals surface area contributed by atoms with Gasteiger partial charge in [0.05, 0.1) is 0 Å². The summed E-state index contributed by atoms with van der Waals surface area (Å²) in [6.45, 7) is 2.61. The van der Waals surface area contributed by atoms with E-state index in [0.29, 0.717) is 10.1 Å². The summed E-state index contributed by atoms with van der Waals surface area (Å²) in [5.41, 5.74) is 5.61. The molecular formula is C11H15F2IN2. The van der Waals surface area contributed by atoms with Crippen LogP contribution in [0.25, 0.3) is 0 Å². The molecule has 1 unspecified atom stereocenters. The summed E-state index contributed by atoms with van der Waals surface area (Å²) in [7, 11) is 1.80. The van der Waals surface area contributed by atoms with Crippen LogP contribution in [0.15, 0.2) is 12.1 Å². The van der Waals surface area contributed by atoms with E-state index in [0.717, 1.165) is 0 Å². The first kappa shape index (κ1) is 13.8. The van der Waals surface area contributed by atoms with Crippen LogP contribution in [0.4, 0.5) is 8.78 Å². The predicted octanol–water partition coefficient (Wildman–Crippen LogP) is 2.35. The Morgan fingerprint density at radius 3 is 2.62 bits per heavy atom. The zero-order valence-electron chi connectivity index (χ0n) is 9.30. The van der Waals surface area contributed by atoms with Crippen molar-refractivity contribution in [3.8, 4) is 0 Å². The van der Waals surface area contributed by atoms with Crippen LogP contribution in [-0.4, -0.2) is 24.5 Å². The van der Waals surface area contributed by atoms with Crippen LogP contribution in [0.1, 0.15) is 12.5 Å². The molecule has 0 saturated carbocycles. The maximum absolute atomic E-state index is 13.7. The van der Waals surface area contributed by atoms with Crippen LogP contribution < -0.4 is 5.73 Å². The molecule has 0 amide bonds. The number of benzene rings is 1. The van der Waals surface area contributed by atoms with Crippen molar-refractivity contribution in [2.24, 2.45) is 5.73 Å². The van der Waals surface area contributed by atoms with Crippen molar-refractivity contribution >= 4 is 22.6 Å². The quantitative estimate of drug-likeness (QED) is 0.674. The first-order chi connectivity index (χ1) is 7.47. The normalized spacial score (nSPS) is 13.2. The van der Waals surface area contributed by atoms with Gasteiger partial charge in [0.15, 0.2) is 0 Å². The van der Waals surface area contributed by atoms with Crippen molar-refractivity contribution in [1.82, 2.24) is 4.90 Å². The van der Waals surface area contributed by atoms with Gasteiger partial charge in [0.1, 0.15) is 11.6 Å². The summed E-state index contributed by atoms with van der Waals surface area (Å²) in [6, 6.07) is 2.82. The van der Waals surface area contributed by atoms with Crippen LogP contribution in [0.3, 0.4) is 0 Å². The van der Waals surface area contributed by atoms with Gasteiger partial charge in [-0.05, 0) is 48.7 Å². The highest BCUT2D eigenvalue weighted by Crippen LogP contribution is 2.20. The maximum atomic E-state index is 13.7. The zero-order chi connectivity index (χ0) is 12.3. The Morgan fingerprint density at radius 2 is 2.06 bits per heavy atom. The van der Waals surface area contributed by atoms with Gasteiger partial charge in [-0.2, -0.15) is 0 Å². The average molecular weight is 340 g/mol. The molecule has 0 aliphatic rings. The van der Waals surface area contributed by atoms with Gasteiger partial charge in [-0.15, -0.1) is 0 Å². The molecule has 0 aliphatic heterocycles. The number of hydrogen-bond donors (Lipinski definition) is 1. The smallest absolute Gasteiger partial charge is 0.143 e. The Morgan fingerprint density at radius 1 is 1.44 bits per heavy atom. The SMILES string of the molecule is CC(CN)N(C)Cc1c(F)ccc(I)c1F. The van der Waals surface area contributed by atoms with E-state index in [2.05, 4.69) is 0 Å². The second-order valence-electron chi connectivity index (χ2n) is 3.82. The monoisotopic (exact) mass is 340 g/mol. The van der Waals surface area contributed by atoms with Crippen molar-refractivity contribution in [3.63, 3.8) is 0 Å². The number of rotatable bonds is 4. The van der Waals surface area contributed by atoms with Gasteiger partial charge in [0.25, 0.3) is 0 Å². The standard InChI is InChI=1S/C11H15F2IN2/c1-7(5-15)16(2)6-8-9(12)3-4-10(14)11(8)13/h3-4,7H,5-6,15H2,1-2H3. The minimum absolute atomic E-state index is 0.0941. The molecule has 0 radical (unpaired) electrons. The lowest BCUT2D eigenvalue weighted by Gasteiger charge is -2.23. The molecule has 5 heteroatoms. The zero-order valence-corrected chi connectivity index (χ0v) is 11.5. The molecule has 0 spiro atoms. The molecule has 16 heavy (non-hydrogen) atoms. The Kier molecular flexibility index (Phi) is 5.07. The summed E-state index contributed by atoms with van der Waals surface area (Å²) < 4.78 is 27.6. The van der Waals surface area contributed by atoms with E-state index in [-0.39, 0.29) is 18.2 Å². The van der Waals surface area contributed by atoms with E-state index in [9.17, 15) is 8.78 Å². The fourth-order valence-electron chi connectivity index (χ4n) is 1.30. The van der Waals surface area contributed by atoms with Gasteiger partial charge in [0, 0.05) is 28.3 Å². The highest BCUT2D eigenvalue weighted by molar-refractivity contribution is 14.1. The number of hydrogen-bond acceptors (Lipinski definition) is 2. The molecule has 0 bridgehead atoms. The third kappa shape index (κ3) is 3.11. The lowest BCUT2D eigenvalue weighted by Crippen LogP contribution is -2.35. The first-order valence-electron chi connectivity index (χ1n) is 5.00. The molecular weight excluding hydrogens is 325 g/mol. The Hall–Kier alpha value is -0.270. The Bertz CT molecular complexity index is 371. The molecule has 0 aliphatic carbocycles. The van der Waals surface area contributed by atoms with Crippen molar-refractivity contribution in [3.05, 3.63) is 32.9 Å². The van der Waals surface area contributed by atoms with Crippen LogP contribution >= 0.6 is 22.6 Å². The highest BCUT2D eigenvalue weighted by atomic mass is 127. The molecule has 1 aromatic carbocycles. The molecule has 0 fully saturated rings. The molecule has 1 atom stereocenters. The van der Waals surface area contributed by atoms with Gasteiger partial charge in [-0.25, -0.2) is 8.78 Å². The van der Waals surface area contributed by atoms with Crippen LogP contribution in [0, 0.1) is 15.2 Å². The minimum Gasteiger partial charge on any atom is -0.329 e. The lowest BCUT2D eigenvalue weighted by molar-refractivity contribution is 0.247. The molecule has 2 N–H and O–H groups in total. The molecule has 0 saturated heterocycles. The van der Waals surface area contributed by atoms with Crippen LogP contribution in [-0.2, 0) is 6.54 Å². The summed E-state index contributed by atoms with van der Waals surface area (Å²) in [4.78, 5) is 1.83. The van der Waals surface area contributed by atoms with Crippen molar-refractivity contribution in [2.75, 3.05) is 13.6 Å². The second-order valence-corrected chi connectivity index (χ2v) is 4.98. The largest absolute Gasteiger partial charge is 0.329 e. The topological polar surface area (TPSA) is 29.3 Å². The van der Waals surface area contributed by atoms with Crippen LogP contribution in [0.5, 0.6) is 0 Å². The number of likely N-dealkylation sites (N-methyl/N-ethyl adjacent to an activating group) is 1. The summed E-state index contributed by atoms with van der Waals surface area (Å²) in [5.74, 6) is -0.981. The van der Waals surface area contributed by atoms with E-state index < -0.39 is 11.6 Å². The summed E-state index contributed by atoms with van der Waals surface area (Å²) >= 11 is 1.86. The molecule has 0 aromatic heterocycles. The van der Waals surface area contributed by atoms with Crippen molar-refractivity contribution in [2.45, 2.75) is 19.5 Å². The Labute approximate surface area is 108 Å². The van der Waals surface area contributed by atoms with E-state index in [1.165, 1.54) is 12.1 Å². The third-order valence-corrected chi connectivity index (χ3v) is 3.47. The molecule has 1 aromatic rings. The fraction of sp³-hybridized carbons (Fsp3) is 0.455. The van der Waals surface area contributed by atoms with E-state index in [4.69, 9.17) is 5.73 Å². The van der Waals surface area contributed by atoms with Crippen LogP contribution in [0.2, 0.25) is 0 Å². The lowest BCUT2D eigenvalue weighted by atomic mass is 10.1. The van der Waals surface area contributed by atoms with Gasteiger partial charge >= 0.3 is 0 Å². The summed E-state index contributed by atoms with van der Waals surface area (Å²) in [5, 5.41) is 0. The molecule has 1 rings (SSSR count). The predicted molar refractivity (Wildman–Crippen MR) is 69.1 cm³/mol. The first-order valence-corrected chi connectivity index (χ1v) is 6.08.